The highest BCUT2D eigenvalue weighted by molar-refractivity contribution is 7.90. The number of hydrogen-bond acceptors (Lipinski definition) is 4. The SMILES string of the molecule is CN(CCS(C)(=O)=O)C(C)(CN)C1CC1. The van der Waals surface area contributed by atoms with Crippen LogP contribution in [0.1, 0.15) is 19.8 Å². The highest BCUT2D eigenvalue weighted by Crippen LogP contribution is 2.41. The van der Waals surface area contributed by atoms with Crippen molar-refractivity contribution in [1.29, 1.82) is 0 Å². The van der Waals surface area contributed by atoms with Gasteiger partial charge in [-0.2, -0.15) is 0 Å². The molecule has 1 rings (SSSR count). The Hall–Kier alpha value is -0.130. The molecule has 1 saturated carbocycles. The predicted molar refractivity (Wildman–Crippen MR) is 62.5 cm³/mol. The van der Waals surface area contributed by atoms with Crippen molar-refractivity contribution in [3.63, 3.8) is 0 Å². The first-order chi connectivity index (χ1) is 6.79. The smallest absolute Gasteiger partial charge is 0.148 e. The largest absolute Gasteiger partial charge is 0.329 e. The molecule has 90 valence electrons. The van der Waals surface area contributed by atoms with Crippen LogP contribution in [0.5, 0.6) is 0 Å². The molecular formula is C10H22N2O2S. The fourth-order valence-electron chi connectivity index (χ4n) is 1.90. The molecule has 0 saturated heterocycles. The summed E-state index contributed by atoms with van der Waals surface area (Å²) in [5, 5.41) is 0. The van der Waals surface area contributed by atoms with E-state index in [1.54, 1.807) is 0 Å². The van der Waals surface area contributed by atoms with Gasteiger partial charge >= 0.3 is 0 Å². The van der Waals surface area contributed by atoms with Gasteiger partial charge in [0.15, 0.2) is 0 Å². The van der Waals surface area contributed by atoms with Gasteiger partial charge in [-0.05, 0) is 32.7 Å². The minimum absolute atomic E-state index is 0.0231. The van der Waals surface area contributed by atoms with E-state index >= 15 is 0 Å². The molecule has 0 bridgehead atoms. The van der Waals surface area contributed by atoms with Gasteiger partial charge in [-0.25, -0.2) is 8.42 Å². The molecular weight excluding hydrogens is 212 g/mol. The van der Waals surface area contributed by atoms with E-state index in [4.69, 9.17) is 5.73 Å². The summed E-state index contributed by atoms with van der Waals surface area (Å²) < 4.78 is 22.2. The van der Waals surface area contributed by atoms with E-state index in [1.165, 1.54) is 19.1 Å². The molecule has 1 fully saturated rings. The zero-order valence-electron chi connectivity index (χ0n) is 9.86. The van der Waals surface area contributed by atoms with Crippen LogP contribution in [-0.4, -0.2) is 51.0 Å². The second-order valence-corrected chi connectivity index (χ2v) is 7.15. The minimum atomic E-state index is -2.88. The van der Waals surface area contributed by atoms with E-state index < -0.39 is 9.84 Å². The molecule has 0 amide bonds. The quantitative estimate of drug-likeness (QED) is 0.707. The van der Waals surface area contributed by atoms with Gasteiger partial charge in [0.1, 0.15) is 9.84 Å². The highest BCUT2D eigenvalue weighted by atomic mass is 32.2. The van der Waals surface area contributed by atoms with E-state index in [-0.39, 0.29) is 11.3 Å². The van der Waals surface area contributed by atoms with Gasteiger partial charge in [0.25, 0.3) is 0 Å². The molecule has 0 aromatic rings. The van der Waals surface area contributed by atoms with E-state index in [2.05, 4.69) is 11.8 Å². The van der Waals surface area contributed by atoms with Crippen molar-refractivity contribution < 1.29 is 8.42 Å². The Bertz CT molecular complexity index is 311. The molecule has 15 heavy (non-hydrogen) atoms. The second kappa shape index (κ2) is 4.39. The van der Waals surface area contributed by atoms with Crippen molar-refractivity contribution in [2.45, 2.75) is 25.3 Å². The average Bonchev–Trinajstić information content (AvgIpc) is 2.94. The van der Waals surface area contributed by atoms with Crippen LogP contribution in [0, 0.1) is 5.92 Å². The molecule has 2 N–H and O–H groups in total. The molecule has 1 aliphatic carbocycles. The van der Waals surface area contributed by atoms with Gasteiger partial charge in [-0.15, -0.1) is 0 Å². The molecule has 1 aliphatic rings. The third-order valence-electron chi connectivity index (χ3n) is 3.54. The molecule has 1 unspecified atom stereocenters. The summed E-state index contributed by atoms with van der Waals surface area (Å²) in [6, 6.07) is 0. The lowest BCUT2D eigenvalue weighted by molar-refractivity contribution is 0.128. The Kier molecular flexibility index (Phi) is 3.79. The maximum Gasteiger partial charge on any atom is 0.148 e. The van der Waals surface area contributed by atoms with Gasteiger partial charge in [0.05, 0.1) is 5.75 Å². The first-order valence-corrected chi connectivity index (χ1v) is 7.44. The number of nitrogens with zero attached hydrogens (tertiary/aromatic N) is 1. The minimum Gasteiger partial charge on any atom is -0.329 e. The van der Waals surface area contributed by atoms with Crippen LogP contribution >= 0.6 is 0 Å². The lowest BCUT2D eigenvalue weighted by atomic mass is 9.94. The van der Waals surface area contributed by atoms with Crippen LogP contribution in [0.2, 0.25) is 0 Å². The summed E-state index contributed by atoms with van der Waals surface area (Å²) >= 11 is 0. The number of nitrogens with two attached hydrogens (primary N) is 1. The lowest BCUT2D eigenvalue weighted by Gasteiger charge is -2.38. The van der Waals surface area contributed by atoms with Crippen LogP contribution in [-0.2, 0) is 9.84 Å². The molecule has 1 atom stereocenters. The number of rotatable bonds is 6. The summed E-state index contributed by atoms with van der Waals surface area (Å²) in [5.41, 5.74) is 5.77. The number of hydrogen-bond donors (Lipinski definition) is 1. The average molecular weight is 234 g/mol. The Morgan fingerprint density at radius 2 is 2.00 bits per heavy atom. The van der Waals surface area contributed by atoms with Crippen molar-refractivity contribution in [3.8, 4) is 0 Å². The molecule has 0 aliphatic heterocycles. The van der Waals surface area contributed by atoms with E-state index in [1.807, 2.05) is 7.05 Å². The van der Waals surface area contributed by atoms with Crippen molar-refractivity contribution in [2.24, 2.45) is 11.7 Å². The third-order valence-corrected chi connectivity index (χ3v) is 4.46. The molecule has 0 spiro atoms. The number of likely N-dealkylation sites (N-methyl/N-ethyl adjacent to an activating group) is 1. The maximum atomic E-state index is 11.1. The fourth-order valence-corrected chi connectivity index (χ4v) is 2.50. The zero-order chi connectivity index (χ0) is 11.7. The molecule has 0 radical (unpaired) electrons. The third kappa shape index (κ3) is 3.43. The van der Waals surface area contributed by atoms with Crippen LogP contribution in [0.15, 0.2) is 0 Å². The molecule has 5 heteroatoms. The Balaban J connectivity index is 2.54. The van der Waals surface area contributed by atoms with Crippen LogP contribution in [0.3, 0.4) is 0 Å². The molecule has 0 aromatic carbocycles. The van der Waals surface area contributed by atoms with Gasteiger partial charge in [-0.1, -0.05) is 0 Å². The standard InChI is InChI=1S/C10H22N2O2S/c1-10(8-11,9-4-5-9)12(2)6-7-15(3,13)14/h9H,4-8,11H2,1-3H3. The van der Waals surface area contributed by atoms with Crippen molar-refractivity contribution in [3.05, 3.63) is 0 Å². The van der Waals surface area contributed by atoms with E-state index in [0.29, 0.717) is 19.0 Å². The molecule has 0 aromatic heterocycles. The van der Waals surface area contributed by atoms with Crippen molar-refractivity contribution in [2.75, 3.05) is 32.1 Å². The van der Waals surface area contributed by atoms with Gasteiger partial charge < -0.3 is 5.73 Å². The number of sulfone groups is 1. The van der Waals surface area contributed by atoms with Gasteiger partial charge in [0.2, 0.25) is 0 Å². The molecule has 4 nitrogen and oxygen atoms in total. The van der Waals surface area contributed by atoms with Gasteiger partial charge in [0, 0.05) is 24.9 Å². The first kappa shape index (κ1) is 12.9. The fraction of sp³-hybridized carbons (Fsp3) is 1.00. The monoisotopic (exact) mass is 234 g/mol. The van der Waals surface area contributed by atoms with E-state index in [0.717, 1.165) is 0 Å². The Morgan fingerprint density at radius 3 is 2.33 bits per heavy atom. The summed E-state index contributed by atoms with van der Waals surface area (Å²) in [4.78, 5) is 2.10. The normalized spacial score (nSPS) is 21.7. The van der Waals surface area contributed by atoms with Crippen LogP contribution in [0.4, 0.5) is 0 Å². The summed E-state index contributed by atoms with van der Waals surface area (Å²) in [6.45, 7) is 3.30. The lowest BCUT2D eigenvalue weighted by Crippen LogP contribution is -2.52. The molecule has 0 heterocycles. The van der Waals surface area contributed by atoms with Crippen LogP contribution < -0.4 is 5.73 Å². The Morgan fingerprint density at radius 1 is 1.47 bits per heavy atom. The summed E-state index contributed by atoms with van der Waals surface area (Å²) in [6.07, 6.45) is 3.71. The summed E-state index contributed by atoms with van der Waals surface area (Å²) in [5.74, 6) is 0.860. The second-order valence-electron chi connectivity index (χ2n) is 4.89. The van der Waals surface area contributed by atoms with E-state index in [9.17, 15) is 8.42 Å². The highest BCUT2D eigenvalue weighted by Gasteiger charge is 2.43. The topological polar surface area (TPSA) is 63.4 Å². The summed E-state index contributed by atoms with van der Waals surface area (Å²) in [7, 11) is -0.907. The van der Waals surface area contributed by atoms with Crippen molar-refractivity contribution in [1.82, 2.24) is 4.90 Å². The maximum absolute atomic E-state index is 11.1. The zero-order valence-corrected chi connectivity index (χ0v) is 10.7. The van der Waals surface area contributed by atoms with Gasteiger partial charge in [-0.3, -0.25) is 4.90 Å². The predicted octanol–water partition coefficient (Wildman–Crippen LogP) is 0.0902. The van der Waals surface area contributed by atoms with Crippen molar-refractivity contribution >= 4 is 9.84 Å². The first-order valence-electron chi connectivity index (χ1n) is 5.38. The Labute approximate surface area is 92.7 Å². The van der Waals surface area contributed by atoms with Crippen LogP contribution in [0.25, 0.3) is 0 Å².